The molecule has 0 spiro atoms. The van der Waals surface area contributed by atoms with Gasteiger partial charge in [0.25, 0.3) is 17.5 Å². The molecular weight excluding hydrogens is 530 g/mol. The maximum atomic E-state index is 13.1. The highest BCUT2D eigenvalue weighted by atomic mass is 32.2. The van der Waals surface area contributed by atoms with Gasteiger partial charge < -0.3 is 25.8 Å². The van der Waals surface area contributed by atoms with E-state index in [2.05, 4.69) is 15.5 Å². The minimum absolute atomic E-state index is 0.102. The molecule has 1 fully saturated rings. The van der Waals surface area contributed by atoms with Gasteiger partial charge in [0.15, 0.2) is 10.8 Å². The lowest BCUT2D eigenvalue weighted by Gasteiger charge is -2.50. The van der Waals surface area contributed by atoms with Gasteiger partial charge in [0, 0.05) is 22.8 Å². The van der Waals surface area contributed by atoms with E-state index in [1.165, 1.54) is 16.7 Å². The number of hydrogen-bond acceptors (Lipinski definition) is 10. The predicted octanol–water partition coefficient (Wildman–Crippen LogP) is -0.110. The van der Waals surface area contributed by atoms with Crippen molar-refractivity contribution in [3.8, 4) is 0 Å². The monoisotopic (exact) mass is 555 g/mol. The molecule has 3 aromatic heterocycles. The molecule has 0 radical (unpaired) electrons. The quantitative estimate of drug-likeness (QED) is 0.115. The third kappa shape index (κ3) is 4.84. The maximum Gasteiger partial charge on any atom is 0.286 e. The van der Waals surface area contributed by atoms with Crippen molar-refractivity contribution >= 4 is 57.4 Å². The largest absolute Gasteiger partial charge is 0.543 e. The number of oxime groups is 1. The van der Waals surface area contributed by atoms with Gasteiger partial charge >= 0.3 is 0 Å². The second-order valence-electron chi connectivity index (χ2n) is 8.69. The van der Waals surface area contributed by atoms with Crippen LogP contribution in [0.25, 0.3) is 5.65 Å². The highest BCUT2D eigenvalue weighted by Gasteiger charge is 2.53. The van der Waals surface area contributed by atoms with Crippen molar-refractivity contribution in [3.63, 3.8) is 0 Å². The Labute approximate surface area is 225 Å². The highest BCUT2D eigenvalue weighted by Crippen LogP contribution is 2.40. The molecule has 0 bridgehead atoms. The number of unbranched alkanes of at least 4 members (excludes halogenated alkanes) is 1. The number of amides is 2. The molecule has 0 unspecified atom stereocenters. The van der Waals surface area contributed by atoms with E-state index in [1.807, 2.05) is 52.7 Å². The van der Waals surface area contributed by atoms with Crippen molar-refractivity contribution in [1.82, 2.24) is 19.8 Å². The van der Waals surface area contributed by atoms with Gasteiger partial charge in [-0.1, -0.05) is 24.6 Å². The number of rotatable bonds is 10. The Balaban J connectivity index is 1.34. The molecule has 3 N–H and O–H groups in total. The molecule has 38 heavy (non-hydrogen) atoms. The third-order valence-electron chi connectivity index (χ3n) is 6.18. The van der Waals surface area contributed by atoms with Crippen LogP contribution >= 0.6 is 23.1 Å². The number of aliphatic carboxylic acids is 1. The van der Waals surface area contributed by atoms with Gasteiger partial charge in [0.05, 0.1) is 17.9 Å². The van der Waals surface area contributed by atoms with Crippen LogP contribution in [-0.4, -0.2) is 61.7 Å². The van der Waals surface area contributed by atoms with Crippen LogP contribution in [0, 0.1) is 0 Å². The van der Waals surface area contributed by atoms with E-state index in [1.54, 1.807) is 5.38 Å². The first-order valence-corrected chi connectivity index (χ1v) is 13.9. The first kappa shape index (κ1) is 25.7. The number of β-lactam (4-membered cyclic amide) rings is 1. The van der Waals surface area contributed by atoms with Crippen LogP contribution in [0.2, 0.25) is 0 Å². The smallest absolute Gasteiger partial charge is 0.286 e. The molecule has 0 aliphatic carbocycles. The van der Waals surface area contributed by atoms with Crippen LogP contribution in [0.4, 0.5) is 5.13 Å². The van der Waals surface area contributed by atoms with Crippen molar-refractivity contribution in [2.45, 2.75) is 37.7 Å². The van der Waals surface area contributed by atoms with Gasteiger partial charge in [0.2, 0.25) is 0 Å². The van der Waals surface area contributed by atoms with Gasteiger partial charge in [-0.25, -0.2) is 14.0 Å². The fourth-order valence-electron chi connectivity index (χ4n) is 4.31. The van der Waals surface area contributed by atoms with E-state index in [0.29, 0.717) is 17.9 Å². The summed E-state index contributed by atoms with van der Waals surface area (Å²) in [5.41, 5.74) is 7.12. The molecule has 5 rings (SSSR count). The first-order valence-electron chi connectivity index (χ1n) is 11.9. The molecule has 3 aromatic rings. The number of thioether (sulfide) groups is 1. The zero-order valence-electron chi connectivity index (χ0n) is 20.4. The average molecular weight is 556 g/mol. The number of hydrogen-bond donors (Lipinski definition) is 2. The number of carboxylic acid groups (broad SMARTS) is 1. The summed E-state index contributed by atoms with van der Waals surface area (Å²) in [6, 6.07) is 4.76. The second-order valence-corrected chi connectivity index (χ2v) is 10.7. The standard InChI is InChI=1S/C24H25N7O5S2/c1-2-3-10-36-28-17(15-13-38-24(25)26-15)20(32)27-18-21(33)31-19(23(34)35)14(12-37-22(18)31)11-30-9-8-29-7-5-4-6-16(29)30/h4-9,13,18,22H,2-3,10-12H2,1H3,(H3-,25,26,27,32,34,35)/b28-17-/t18-,22+/m1/s1. The molecule has 5 heterocycles. The summed E-state index contributed by atoms with van der Waals surface area (Å²) >= 11 is 2.52. The van der Waals surface area contributed by atoms with Crippen LogP contribution in [-0.2, 0) is 25.8 Å². The molecule has 198 valence electrons. The SMILES string of the molecule is CCCCO/N=C(\C(=O)N[C@@H]1C(=O)N2C(C(=O)[O-])=C(Cn3cc[n+]4ccccc34)CS[C@@H]12)c1csc(N)n1. The van der Waals surface area contributed by atoms with Crippen LogP contribution in [0.5, 0.6) is 0 Å². The number of nitrogens with one attached hydrogen (secondary N) is 1. The molecule has 12 nitrogen and oxygen atoms in total. The zero-order chi connectivity index (χ0) is 26.8. The van der Waals surface area contributed by atoms with E-state index in [0.717, 1.165) is 29.8 Å². The summed E-state index contributed by atoms with van der Waals surface area (Å²) in [5, 5.41) is 20.0. The number of nitrogens with zero attached hydrogens (tertiary/aromatic N) is 5. The number of anilines is 1. The Hall–Kier alpha value is -3.91. The first-order chi connectivity index (χ1) is 18.4. The summed E-state index contributed by atoms with van der Waals surface area (Å²) in [4.78, 5) is 49.0. The Morgan fingerprint density at radius 3 is 2.95 bits per heavy atom. The number of carbonyl (C=O) groups is 3. The predicted molar refractivity (Wildman–Crippen MR) is 139 cm³/mol. The number of aromatic nitrogens is 3. The summed E-state index contributed by atoms with van der Waals surface area (Å²) in [5.74, 6) is -2.28. The molecular formula is C24H25N7O5S2. The second kappa shape index (κ2) is 10.8. The van der Waals surface area contributed by atoms with Crippen molar-refractivity contribution in [1.29, 1.82) is 0 Å². The third-order valence-corrected chi connectivity index (χ3v) is 8.20. The lowest BCUT2D eigenvalue weighted by atomic mass is 10.0. The molecule has 2 aliphatic heterocycles. The van der Waals surface area contributed by atoms with Gasteiger partial charge in [-0.2, -0.15) is 0 Å². The lowest BCUT2D eigenvalue weighted by molar-refractivity contribution is -0.510. The van der Waals surface area contributed by atoms with E-state index in [9.17, 15) is 19.5 Å². The van der Waals surface area contributed by atoms with E-state index >= 15 is 0 Å². The number of nitrogen functional groups attached to an aromatic ring is 1. The molecule has 14 heteroatoms. The zero-order valence-corrected chi connectivity index (χ0v) is 22.0. The normalized spacial score (nSPS) is 19.3. The lowest BCUT2D eigenvalue weighted by Crippen LogP contribution is -2.71. The number of imidazole rings is 1. The van der Waals surface area contributed by atoms with E-state index in [-0.39, 0.29) is 28.8 Å². The van der Waals surface area contributed by atoms with Crippen LogP contribution in [0.3, 0.4) is 0 Å². The topological polar surface area (TPSA) is 159 Å². The van der Waals surface area contributed by atoms with Crippen molar-refractivity contribution in [2.75, 3.05) is 18.1 Å². The Morgan fingerprint density at radius 1 is 1.37 bits per heavy atom. The van der Waals surface area contributed by atoms with Crippen LogP contribution in [0.1, 0.15) is 25.5 Å². The van der Waals surface area contributed by atoms with Crippen molar-refractivity contribution in [3.05, 3.63) is 59.1 Å². The molecule has 2 aliphatic rings. The molecule has 2 atom stereocenters. The van der Waals surface area contributed by atoms with Crippen molar-refractivity contribution < 1.29 is 28.7 Å². The summed E-state index contributed by atoms with van der Waals surface area (Å²) in [6.07, 6.45) is 7.26. The minimum Gasteiger partial charge on any atom is -0.543 e. The number of carboxylic acids is 1. The number of nitrogens with two attached hydrogens (primary N) is 1. The maximum absolute atomic E-state index is 13.1. The number of fused-ring (bicyclic) bond motifs is 2. The van der Waals surface area contributed by atoms with Crippen LogP contribution in [0.15, 0.2) is 58.6 Å². The minimum atomic E-state index is -1.43. The Kier molecular flexibility index (Phi) is 7.33. The van der Waals surface area contributed by atoms with Crippen LogP contribution < -0.4 is 20.6 Å². The van der Waals surface area contributed by atoms with Gasteiger partial charge in [-0.05, 0) is 12.5 Å². The average Bonchev–Trinajstić information content (AvgIpc) is 3.52. The highest BCUT2D eigenvalue weighted by molar-refractivity contribution is 8.00. The van der Waals surface area contributed by atoms with Gasteiger partial charge in [-0.3, -0.25) is 14.5 Å². The number of pyridine rings is 1. The summed E-state index contributed by atoms with van der Waals surface area (Å²) in [6.45, 7) is 2.60. The molecule has 0 aromatic carbocycles. The summed E-state index contributed by atoms with van der Waals surface area (Å²) < 4.78 is 3.82. The Bertz CT molecular complexity index is 1460. The van der Waals surface area contributed by atoms with E-state index in [4.69, 9.17) is 10.6 Å². The molecule has 0 saturated carbocycles. The fourth-order valence-corrected chi connectivity index (χ4v) is 6.19. The number of thiazole rings is 1. The van der Waals surface area contributed by atoms with E-state index < -0.39 is 29.2 Å². The van der Waals surface area contributed by atoms with Gasteiger partial charge in [0.1, 0.15) is 42.7 Å². The van der Waals surface area contributed by atoms with Gasteiger partial charge in [-0.15, -0.1) is 23.1 Å². The summed E-state index contributed by atoms with van der Waals surface area (Å²) in [7, 11) is 0. The van der Waals surface area contributed by atoms with Crippen molar-refractivity contribution in [2.24, 2.45) is 5.16 Å². The fraction of sp³-hybridized carbons (Fsp3) is 0.333. The Morgan fingerprint density at radius 2 is 2.21 bits per heavy atom. The number of carbonyl (C=O) groups excluding carboxylic acids is 3. The molecule has 1 saturated heterocycles. The molecule has 2 amide bonds.